The lowest BCUT2D eigenvalue weighted by molar-refractivity contribution is -0.154. The summed E-state index contributed by atoms with van der Waals surface area (Å²) in [6, 6.07) is 0. The van der Waals surface area contributed by atoms with E-state index in [0.29, 0.717) is 26.2 Å². The molecule has 0 fully saturated rings. The summed E-state index contributed by atoms with van der Waals surface area (Å²) >= 11 is 0. The molecule has 16 heavy (non-hydrogen) atoms. The zero-order chi connectivity index (χ0) is 12.4. The third kappa shape index (κ3) is 6.40. The van der Waals surface area contributed by atoms with E-state index in [1.807, 2.05) is 0 Å². The topological polar surface area (TPSA) is 64.6 Å². The fourth-order valence-electron chi connectivity index (χ4n) is 1.30. The maximum absolute atomic E-state index is 11.5. The standard InChI is InChI=1S/C11H21NO4/c1-4-15-10(13)8-9(6-7-12-3)11(14)16-5-2/h9,12H,4-8H2,1-3H3. The lowest BCUT2D eigenvalue weighted by Gasteiger charge is -2.14. The van der Waals surface area contributed by atoms with Crippen molar-refractivity contribution in [1.82, 2.24) is 5.32 Å². The average Bonchev–Trinajstić information content (AvgIpc) is 2.24. The van der Waals surface area contributed by atoms with Crippen LogP contribution in [0.3, 0.4) is 0 Å². The molecule has 0 amide bonds. The molecule has 0 heterocycles. The third-order valence-electron chi connectivity index (χ3n) is 2.08. The first-order valence-electron chi connectivity index (χ1n) is 5.62. The lowest BCUT2D eigenvalue weighted by atomic mass is 10.0. The van der Waals surface area contributed by atoms with Crippen molar-refractivity contribution in [3.05, 3.63) is 0 Å². The van der Waals surface area contributed by atoms with E-state index in [2.05, 4.69) is 5.32 Å². The Morgan fingerprint density at radius 3 is 2.31 bits per heavy atom. The molecule has 0 saturated heterocycles. The Morgan fingerprint density at radius 2 is 1.81 bits per heavy atom. The van der Waals surface area contributed by atoms with Gasteiger partial charge in [-0.3, -0.25) is 9.59 Å². The van der Waals surface area contributed by atoms with E-state index in [9.17, 15) is 9.59 Å². The number of hydrogen-bond donors (Lipinski definition) is 1. The SMILES string of the molecule is CCOC(=O)CC(CCNC)C(=O)OCC. The van der Waals surface area contributed by atoms with E-state index in [1.165, 1.54) is 0 Å². The molecule has 0 aromatic rings. The maximum atomic E-state index is 11.5. The molecule has 0 aromatic heterocycles. The van der Waals surface area contributed by atoms with Crippen LogP contribution in [-0.2, 0) is 19.1 Å². The minimum atomic E-state index is -0.411. The van der Waals surface area contributed by atoms with Gasteiger partial charge in [0.25, 0.3) is 0 Å². The van der Waals surface area contributed by atoms with Gasteiger partial charge in [0.15, 0.2) is 0 Å². The van der Waals surface area contributed by atoms with E-state index in [-0.39, 0.29) is 18.4 Å². The summed E-state index contributed by atoms with van der Waals surface area (Å²) in [6.07, 6.45) is 0.669. The highest BCUT2D eigenvalue weighted by Crippen LogP contribution is 2.11. The van der Waals surface area contributed by atoms with Crippen molar-refractivity contribution >= 4 is 11.9 Å². The molecule has 0 aromatic carbocycles. The second-order valence-corrected chi connectivity index (χ2v) is 3.35. The first kappa shape index (κ1) is 14.9. The number of esters is 2. The predicted octanol–water partition coefficient (Wildman–Crippen LogP) is 0.728. The van der Waals surface area contributed by atoms with Gasteiger partial charge >= 0.3 is 11.9 Å². The number of ether oxygens (including phenoxy) is 2. The molecule has 1 unspecified atom stereocenters. The molecule has 0 bridgehead atoms. The number of rotatable bonds is 8. The normalized spacial score (nSPS) is 11.9. The molecule has 0 aliphatic rings. The minimum Gasteiger partial charge on any atom is -0.466 e. The van der Waals surface area contributed by atoms with Crippen LogP contribution < -0.4 is 5.32 Å². The summed E-state index contributed by atoms with van der Waals surface area (Å²) in [7, 11) is 1.80. The van der Waals surface area contributed by atoms with Crippen molar-refractivity contribution in [2.75, 3.05) is 26.8 Å². The average molecular weight is 231 g/mol. The zero-order valence-corrected chi connectivity index (χ0v) is 10.2. The summed E-state index contributed by atoms with van der Waals surface area (Å²) < 4.78 is 9.72. The van der Waals surface area contributed by atoms with Crippen LogP contribution in [0.5, 0.6) is 0 Å². The molecule has 0 radical (unpaired) electrons. The number of carbonyl (C=O) groups is 2. The van der Waals surface area contributed by atoms with E-state index in [4.69, 9.17) is 9.47 Å². The Morgan fingerprint density at radius 1 is 1.19 bits per heavy atom. The quantitative estimate of drug-likeness (QED) is 0.624. The molecule has 1 atom stereocenters. The Labute approximate surface area is 96.5 Å². The van der Waals surface area contributed by atoms with Gasteiger partial charge in [-0.25, -0.2) is 0 Å². The van der Waals surface area contributed by atoms with E-state index < -0.39 is 5.92 Å². The monoisotopic (exact) mass is 231 g/mol. The van der Waals surface area contributed by atoms with Crippen LogP contribution in [0.1, 0.15) is 26.7 Å². The van der Waals surface area contributed by atoms with Crippen LogP contribution in [0.2, 0.25) is 0 Å². The van der Waals surface area contributed by atoms with Gasteiger partial charge in [0, 0.05) is 0 Å². The largest absolute Gasteiger partial charge is 0.466 e. The lowest BCUT2D eigenvalue weighted by Crippen LogP contribution is -2.25. The van der Waals surface area contributed by atoms with Crippen LogP contribution in [0.4, 0.5) is 0 Å². The molecule has 0 aliphatic carbocycles. The summed E-state index contributed by atoms with van der Waals surface area (Å²) in [5, 5.41) is 2.94. The Hall–Kier alpha value is -1.10. The summed E-state index contributed by atoms with van der Waals surface area (Å²) in [5.41, 5.74) is 0. The molecule has 1 N–H and O–H groups in total. The minimum absolute atomic E-state index is 0.0916. The van der Waals surface area contributed by atoms with E-state index in [0.717, 1.165) is 0 Å². The molecule has 0 spiro atoms. The van der Waals surface area contributed by atoms with Gasteiger partial charge in [-0.15, -0.1) is 0 Å². The molecule has 0 saturated carbocycles. The van der Waals surface area contributed by atoms with Crippen LogP contribution in [-0.4, -0.2) is 38.7 Å². The predicted molar refractivity (Wildman–Crippen MR) is 59.9 cm³/mol. The van der Waals surface area contributed by atoms with E-state index in [1.54, 1.807) is 20.9 Å². The van der Waals surface area contributed by atoms with Crippen molar-refractivity contribution in [2.45, 2.75) is 26.7 Å². The van der Waals surface area contributed by atoms with E-state index >= 15 is 0 Å². The summed E-state index contributed by atoms with van der Waals surface area (Å²) in [4.78, 5) is 22.8. The smallest absolute Gasteiger partial charge is 0.309 e. The summed E-state index contributed by atoms with van der Waals surface area (Å²) in [6.45, 7) is 4.82. The number of carbonyl (C=O) groups excluding carboxylic acids is 2. The van der Waals surface area contributed by atoms with Gasteiger partial charge in [-0.05, 0) is 33.9 Å². The van der Waals surface area contributed by atoms with Gasteiger partial charge in [0.1, 0.15) is 0 Å². The molecule has 94 valence electrons. The Balaban J connectivity index is 4.18. The maximum Gasteiger partial charge on any atom is 0.309 e. The van der Waals surface area contributed by atoms with Crippen LogP contribution in [0, 0.1) is 5.92 Å². The second kappa shape index (κ2) is 9.15. The molecular formula is C11H21NO4. The van der Waals surface area contributed by atoms with Crippen molar-refractivity contribution in [3.8, 4) is 0 Å². The third-order valence-corrected chi connectivity index (χ3v) is 2.08. The van der Waals surface area contributed by atoms with Gasteiger partial charge in [-0.1, -0.05) is 0 Å². The number of hydrogen-bond acceptors (Lipinski definition) is 5. The Bertz CT molecular complexity index is 218. The highest BCUT2D eigenvalue weighted by Gasteiger charge is 2.23. The van der Waals surface area contributed by atoms with Crippen LogP contribution >= 0.6 is 0 Å². The van der Waals surface area contributed by atoms with Crippen molar-refractivity contribution in [1.29, 1.82) is 0 Å². The Kier molecular flexibility index (Phi) is 8.52. The van der Waals surface area contributed by atoms with Crippen LogP contribution in [0.25, 0.3) is 0 Å². The molecule has 0 aliphatic heterocycles. The van der Waals surface area contributed by atoms with Gasteiger partial charge in [-0.2, -0.15) is 0 Å². The first-order valence-corrected chi connectivity index (χ1v) is 5.62. The van der Waals surface area contributed by atoms with Crippen LogP contribution in [0.15, 0.2) is 0 Å². The van der Waals surface area contributed by atoms with Gasteiger partial charge < -0.3 is 14.8 Å². The van der Waals surface area contributed by atoms with Gasteiger partial charge in [0.05, 0.1) is 25.6 Å². The van der Waals surface area contributed by atoms with Gasteiger partial charge in [0.2, 0.25) is 0 Å². The molecule has 5 nitrogen and oxygen atoms in total. The van der Waals surface area contributed by atoms with Crippen molar-refractivity contribution in [2.24, 2.45) is 5.92 Å². The zero-order valence-electron chi connectivity index (χ0n) is 10.2. The first-order chi connectivity index (χ1) is 7.65. The second-order valence-electron chi connectivity index (χ2n) is 3.35. The summed E-state index contributed by atoms with van der Waals surface area (Å²) in [5.74, 6) is -1.09. The molecule has 0 rings (SSSR count). The highest BCUT2D eigenvalue weighted by molar-refractivity contribution is 5.79. The fourth-order valence-corrected chi connectivity index (χ4v) is 1.30. The highest BCUT2D eigenvalue weighted by atomic mass is 16.5. The molecular weight excluding hydrogens is 210 g/mol. The fraction of sp³-hybridized carbons (Fsp3) is 0.818. The van der Waals surface area contributed by atoms with Crippen molar-refractivity contribution in [3.63, 3.8) is 0 Å². The molecule has 5 heteroatoms. The number of nitrogens with one attached hydrogen (secondary N) is 1. The van der Waals surface area contributed by atoms with Crippen molar-refractivity contribution < 1.29 is 19.1 Å².